The van der Waals surface area contributed by atoms with E-state index in [1.165, 1.54) is 26.4 Å². The summed E-state index contributed by atoms with van der Waals surface area (Å²) in [5.41, 5.74) is 1.02. The molecule has 0 spiro atoms. The number of methoxy groups -OCH3 is 1. The number of nitrogens with zero attached hydrogens (tertiary/aromatic N) is 1. The number of benzene rings is 1. The first-order valence-corrected chi connectivity index (χ1v) is 7.55. The summed E-state index contributed by atoms with van der Waals surface area (Å²) in [6, 6.07) is 7.01. The first-order valence-electron chi connectivity index (χ1n) is 7.55. The lowest BCUT2D eigenvalue weighted by molar-refractivity contribution is -0.118. The van der Waals surface area contributed by atoms with Crippen molar-refractivity contribution in [1.29, 1.82) is 0 Å². The minimum absolute atomic E-state index is 0.0304. The van der Waals surface area contributed by atoms with Gasteiger partial charge in [0.25, 0.3) is 0 Å². The Bertz CT molecular complexity index is 471. The molecule has 0 saturated heterocycles. The van der Waals surface area contributed by atoms with Crippen molar-refractivity contribution in [2.45, 2.75) is 45.4 Å². The third kappa shape index (κ3) is 5.21. The topological polar surface area (TPSA) is 46.6 Å². The van der Waals surface area contributed by atoms with Gasteiger partial charge >= 0.3 is 5.97 Å². The monoisotopic (exact) mass is 291 g/mol. The molecule has 0 aliphatic heterocycles. The quantitative estimate of drug-likeness (QED) is 0.540. The smallest absolute Gasteiger partial charge is 0.339 e. The molecule has 0 atom stereocenters. The standard InChI is InChI=1S/C17H25NO3/c1-4-5-6-7-8-13-16(19)18(2)15-12-10-9-11-14(15)17(20)21-3/h9-12H,4-8,13H2,1-3H3. The summed E-state index contributed by atoms with van der Waals surface area (Å²) >= 11 is 0. The fourth-order valence-corrected chi connectivity index (χ4v) is 2.23. The second-order valence-electron chi connectivity index (χ2n) is 5.13. The predicted molar refractivity (Wildman–Crippen MR) is 84.6 cm³/mol. The summed E-state index contributed by atoms with van der Waals surface area (Å²) in [5, 5.41) is 0. The van der Waals surface area contributed by atoms with Crippen LogP contribution in [0.5, 0.6) is 0 Å². The lowest BCUT2D eigenvalue weighted by Crippen LogP contribution is -2.27. The Balaban J connectivity index is 2.64. The number of hydrogen-bond donors (Lipinski definition) is 0. The van der Waals surface area contributed by atoms with E-state index in [-0.39, 0.29) is 5.91 Å². The Morgan fingerprint density at radius 2 is 1.76 bits per heavy atom. The Kier molecular flexibility index (Phi) is 7.51. The van der Waals surface area contributed by atoms with Crippen LogP contribution in [0.1, 0.15) is 55.8 Å². The van der Waals surface area contributed by atoms with Gasteiger partial charge < -0.3 is 9.64 Å². The number of hydrogen-bond acceptors (Lipinski definition) is 3. The van der Waals surface area contributed by atoms with Crippen LogP contribution in [-0.4, -0.2) is 26.0 Å². The van der Waals surface area contributed by atoms with E-state index in [0.717, 1.165) is 12.8 Å². The van der Waals surface area contributed by atoms with E-state index >= 15 is 0 Å². The third-order valence-electron chi connectivity index (χ3n) is 3.54. The van der Waals surface area contributed by atoms with E-state index in [2.05, 4.69) is 6.92 Å². The Labute approximate surface area is 127 Å². The molecular weight excluding hydrogens is 266 g/mol. The second-order valence-corrected chi connectivity index (χ2v) is 5.13. The zero-order valence-electron chi connectivity index (χ0n) is 13.2. The molecule has 1 aromatic carbocycles. The number of para-hydroxylation sites is 1. The molecule has 0 aliphatic carbocycles. The van der Waals surface area contributed by atoms with Gasteiger partial charge in [-0.3, -0.25) is 4.79 Å². The summed E-state index contributed by atoms with van der Waals surface area (Å²) in [7, 11) is 3.05. The molecule has 1 amide bonds. The van der Waals surface area contributed by atoms with Crippen molar-refractivity contribution in [2.75, 3.05) is 19.1 Å². The van der Waals surface area contributed by atoms with Crippen LogP contribution < -0.4 is 4.90 Å². The van der Waals surface area contributed by atoms with Gasteiger partial charge in [0, 0.05) is 13.5 Å². The number of unbranched alkanes of at least 4 members (excludes halogenated alkanes) is 4. The predicted octanol–water partition coefficient (Wildman–Crippen LogP) is 3.80. The van der Waals surface area contributed by atoms with E-state index in [9.17, 15) is 9.59 Å². The first-order chi connectivity index (χ1) is 10.1. The van der Waals surface area contributed by atoms with Crippen LogP contribution in [0.15, 0.2) is 24.3 Å². The van der Waals surface area contributed by atoms with Crippen LogP contribution >= 0.6 is 0 Å². The zero-order valence-corrected chi connectivity index (χ0v) is 13.2. The van der Waals surface area contributed by atoms with Crippen molar-refractivity contribution in [2.24, 2.45) is 0 Å². The highest BCUT2D eigenvalue weighted by Gasteiger charge is 2.18. The Morgan fingerprint density at radius 1 is 1.10 bits per heavy atom. The Hall–Kier alpha value is -1.84. The van der Waals surface area contributed by atoms with Crippen LogP contribution in [0.4, 0.5) is 5.69 Å². The molecule has 21 heavy (non-hydrogen) atoms. The molecule has 0 saturated carbocycles. The summed E-state index contributed by atoms with van der Waals surface area (Å²) in [5.74, 6) is -0.393. The van der Waals surface area contributed by atoms with E-state index in [0.29, 0.717) is 17.7 Å². The van der Waals surface area contributed by atoms with E-state index in [1.807, 2.05) is 6.07 Å². The molecule has 0 aliphatic rings. The van der Waals surface area contributed by atoms with Crippen molar-refractivity contribution in [3.8, 4) is 0 Å². The summed E-state index contributed by atoms with van der Waals surface area (Å²) in [6.45, 7) is 2.17. The van der Waals surface area contributed by atoms with Gasteiger partial charge in [0.05, 0.1) is 18.4 Å². The van der Waals surface area contributed by atoms with Crippen molar-refractivity contribution in [3.05, 3.63) is 29.8 Å². The molecule has 0 radical (unpaired) electrons. The number of carbonyl (C=O) groups excluding carboxylic acids is 2. The van der Waals surface area contributed by atoms with Crippen LogP contribution in [0.25, 0.3) is 0 Å². The number of carbonyl (C=O) groups is 2. The molecule has 0 N–H and O–H groups in total. The lowest BCUT2D eigenvalue weighted by atomic mass is 10.1. The average Bonchev–Trinajstić information content (AvgIpc) is 2.53. The highest BCUT2D eigenvalue weighted by atomic mass is 16.5. The number of amides is 1. The van der Waals surface area contributed by atoms with Gasteiger partial charge in [-0.25, -0.2) is 4.79 Å². The molecule has 0 fully saturated rings. The van der Waals surface area contributed by atoms with E-state index in [1.54, 1.807) is 30.1 Å². The highest BCUT2D eigenvalue weighted by Crippen LogP contribution is 2.21. The lowest BCUT2D eigenvalue weighted by Gasteiger charge is -2.19. The number of esters is 1. The summed E-state index contributed by atoms with van der Waals surface area (Å²) < 4.78 is 4.76. The molecule has 1 rings (SSSR count). The molecule has 0 unspecified atom stereocenters. The van der Waals surface area contributed by atoms with Crippen molar-refractivity contribution in [1.82, 2.24) is 0 Å². The fraction of sp³-hybridized carbons (Fsp3) is 0.529. The van der Waals surface area contributed by atoms with Gasteiger partial charge in [0.1, 0.15) is 0 Å². The molecule has 116 valence electrons. The number of anilines is 1. The van der Waals surface area contributed by atoms with Crippen LogP contribution in [0.3, 0.4) is 0 Å². The van der Waals surface area contributed by atoms with Gasteiger partial charge in [-0.05, 0) is 18.6 Å². The van der Waals surface area contributed by atoms with Gasteiger partial charge in [0.2, 0.25) is 5.91 Å². The highest BCUT2D eigenvalue weighted by molar-refractivity contribution is 6.02. The normalized spacial score (nSPS) is 10.2. The first kappa shape index (κ1) is 17.2. The summed E-state index contributed by atoms with van der Waals surface area (Å²) in [4.78, 5) is 25.5. The van der Waals surface area contributed by atoms with Crippen LogP contribution in [0, 0.1) is 0 Å². The average molecular weight is 291 g/mol. The zero-order chi connectivity index (χ0) is 15.7. The minimum atomic E-state index is -0.423. The number of ether oxygens (including phenoxy) is 1. The van der Waals surface area contributed by atoms with Crippen LogP contribution in [0.2, 0.25) is 0 Å². The molecule has 1 aromatic rings. The van der Waals surface area contributed by atoms with E-state index < -0.39 is 5.97 Å². The molecule has 4 nitrogen and oxygen atoms in total. The van der Waals surface area contributed by atoms with Gasteiger partial charge in [0.15, 0.2) is 0 Å². The third-order valence-corrected chi connectivity index (χ3v) is 3.54. The van der Waals surface area contributed by atoms with Gasteiger partial charge in [-0.15, -0.1) is 0 Å². The van der Waals surface area contributed by atoms with Crippen molar-refractivity contribution in [3.63, 3.8) is 0 Å². The molecule has 0 bridgehead atoms. The number of rotatable bonds is 8. The summed E-state index contributed by atoms with van der Waals surface area (Å²) in [6.07, 6.45) is 6.06. The van der Waals surface area contributed by atoms with Gasteiger partial charge in [-0.2, -0.15) is 0 Å². The van der Waals surface area contributed by atoms with Crippen molar-refractivity contribution >= 4 is 17.6 Å². The fourth-order valence-electron chi connectivity index (χ4n) is 2.23. The molecule has 0 heterocycles. The molecule has 4 heteroatoms. The minimum Gasteiger partial charge on any atom is -0.465 e. The SMILES string of the molecule is CCCCCCCC(=O)N(C)c1ccccc1C(=O)OC. The molecular formula is C17H25NO3. The second kappa shape index (κ2) is 9.16. The van der Waals surface area contributed by atoms with Gasteiger partial charge in [-0.1, -0.05) is 44.7 Å². The van der Waals surface area contributed by atoms with Crippen molar-refractivity contribution < 1.29 is 14.3 Å². The maximum absolute atomic E-state index is 12.2. The maximum Gasteiger partial charge on any atom is 0.339 e. The van der Waals surface area contributed by atoms with Crippen LogP contribution in [-0.2, 0) is 9.53 Å². The van der Waals surface area contributed by atoms with E-state index in [4.69, 9.17) is 4.74 Å². The largest absolute Gasteiger partial charge is 0.465 e. The Morgan fingerprint density at radius 3 is 2.43 bits per heavy atom. The molecule has 0 aromatic heterocycles. The maximum atomic E-state index is 12.2.